The van der Waals surface area contributed by atoms with Gasteiger partial charge in [0, 0.05) is 29.6 Å². The molecule has 0 atom stereocenters. The summed E-state index contributed by atoms with van der Waals surface area (Å²) in [5.74, 6) is -0.0660. The number of nitrogens with one attached hydrogen (secondary N) is 1. The predicted molar refractivity (Wildman–Crippen MR) is 89.5 cm³/mol. The number of anilines is 1. The first-order chi connectivity index (χ1) is 11.1. The van der Waals surface area contributed by atoms with Gasteiger partial charge in [-0.3, -0.25) is 0 Å². The lowest BCUT2D eigenvalue weighted by atomic mass is 10.0. The Hall–Kier alpha value is -2.60. The Bertz CT molecular complexity index is 963. The molecule has 6 heteroatoms. The van der Waals surface area contributed by atoms with E-state index in [0.29, 0.717) is 6.54 Å². The minimum atomic E-state index is -3.53. The number of hydrogen-bond donors (Lipinski definition) is 1. The summed E-state index contributed by atoms with van der Waals surface area (Å²) in [6.07, 6.45) is 1.61. The first-order valence-corrected chi connectivity index (χ1v) is 8.93. The van der Waals surface area contributed by atoms with Gasteiger partial charge in [0.25, 0.3) is 10.0 Å². The number of aromatic nitrogens is 2. The molecule has 2 aromatic carbocycles. The van der Waals surface area contributed by atoms with E-state index < -0.39 is 10.0 Å². The highest BCUT2D eigenvalue weighted by Crippen LogP contribution is 2.34. The molecule has 5 nitrogen and oxygen atoms in total. The Morgan fingerprint density at radius 1 is 1.04 bits per heavy atom. The highest BCUT2D eigenvalue weighted by molar-refractivity contribution is 7.89. The summed E-state index contributed by atoms with van der Waals surface area (Å²) in [5, 5.41) is 7.63. The summed E-state index contributed by atoms with van der Waals surface area (Å²) in [6.45, 7) is 0.577. The Morgan fingerprint density at radius 2 is 1.78 bits per heavy atom. The second-order valence-electron chi connectivity index (χ2n) is 5.52. The third kappa shape index (κ3) is 2.51. The average molecular weight is 325 g/mol. The van der Waals surface area contributed by atoms with Gasteiger partial charge in [-0.25, -0.2) is 8.42 Å². The fraction of sp³-hybridized carbons (Fsp3) is 0.118. The highest BCUT2D eigenvalue weighted by Gasteiger charge is 2.23. The fourth-order valence-electron chi connectivity index (χ4n) is 2.77. The number of hydrogen-bond acceptors (Lipinski definition) is 4. The van der Waals surface area contributed by atoms with E-state index in [4.69, 9.17) is 0 Å². The van der Waals surface area contributed by atoms with E-state index in [1.807, 2.05) is 42.5 Å². The van der Waals surface area contributed by atoms with Crippen molar-refractivity contribution in [2.24, 2.45) is 0 Å². The van der Waals surface area contributed by atoms with E-state index in [2.05, 4.69) is 10.4 Å². The molecule has 0 aliphatic carbocycles. The van der Waals surface area contributed by atoms with Gasteiger partial charge >= 0.3 is 0 Å². The van der Waals surface area contributed by atoms with Crippen LogP contribution in [-0.4, -0.2) is 17.6 Å². The van der Waals surface area contributed by atoms with Crippen LogP contribution in [-0.2, 0) is 22.3 Å². The molecule has 1 N–H and O–H groups in total. The number of nitrogens with zero attached hydrogens (tertiary/aromatic N) is 2. The lowest BCUT2D eigenvalue weighted by Crippen LogP contribution is -2.15. The second kappa shape index (κ2) is 5.24. The van der Waals surface area contributed by atoms with Crippen LogP contribution < -0.4 is 5.32 Å². The number of benzene rings is 2. The zero-order valence-electron chi connectivity index (χ0n) is 12.3. The Kier molecular flexibility index (Phi) is 3.20. The normalized spacial score (nSPS) is 13.0. The van der Waals surface area contributed by atoms with E-state index >= 15 is 0 Å². The Balaban J connectivity index is 1.74. The maximum absolute atomic E-state index is 12.6. The lowest BCUT2D eigenvalue weighted by Gasteiger charge is -2.16. The summed E-state index contributed by atoms with van der Waals surface area (Å²) in [7, 11) is -3.53. The molecule has 1 aromatic heterocycles. The van der Waals surface area contributed by atoms with Crippen molar-refractivity contribution < 1.29 is 8.42 Å². The zero-order chi connectivity index (χ0) is 15.9. The molecule has 0 fully saturated rings. The van der Waals surface area contributed by atoms with Gasteiger partial charge in [0.05, 0.1) is 5.75 Å². The van der Waals surface area contributed by atoms with Crippen molar-refractivity contribution >= 4 is 15.7 Å². The molecular weight excluding hydrogens is 310 g/mol. The van der Waals surface area contributed by atoms with Crippen molar-refractivity contribution in [3.63, 3.8) is 0 Å². The zero-order valence-corrected chi connectivity index (χ0v) is 13.1. The second-order valence-corrected chi connectivity index (χ2v) is 7.34. The van der Waals surface area contributed by atoms with Crippen molar-refractivity contribution in [1.29, 1.82) is 0 Å². The first kappa shape index (κ1) is 14.0. The van der Waals surface area contributed by atoms with Crippen molar-refractivity contribution in [1.82, 2.24) is 9.19 Å². The van der Waals surface area contributed by atoms with Gasteiger partial charge in [-0.1, -0.05) is 48.5 Å². The monoisotopic (exact) mass is 325 g/mol. The summed E-state index contributed by atoms with van der Waals surface area (Å²) in [6, 6.07) is 16.9. The number of para-hydroxylation sites is 1. The standard InChI is InChI=1S/C17H15N3O2S/c21-23(22,12-13-6-2-1-3-7-13)20-11-14-10-18-16-9-5-4-8-15(16)17(14)19-20/h1-9,11,18H,10,12H2. The lowest BCUT2D eigenvalue weighted by molar-refractivity contribution is 0.579. The van der Waals surface area contributed by atoms with Crippen LogP contribution in [0, 0.1) is 0 Å². The average Bonchev–Trinajstić information content (AvgIpc) is 3.01. The van der Waals surface area contributed by atoms with Gasteiger partial charge in [-0.2, -0.15) is 9.19 Å². The summed E-state index contributed by atoms with van der Waals surface area (Å²) >= 11 is 0. The minimum absolute atomic E-state index is 0.0660. The van der Waals surface area contributed by atoms with Crippen LogP contribution in [0.15, 0.2) is 60.8 Å². The van der Waals surface area contributed by atoms with Crippen LogP contribution in [0.1, 0.15) is 11.1 Å². The molecule has 4 rings (SSSR count). The first-order valence-electron chi connectivity index (χ1n) is 7.32. The maximum atomic E-state index is 12.6. The van der Waals surface area contributed by atoms with Crippen molar-refractivity contribution in [3.05, 3.63) is 71.9 Å². The Morgan fingerprint density at radius 3 is 2.61 bits per heavy atom. The van der Waals surface area contributed by atoms with Crippen LogP contribution >= 0.6 is 0 Å². The molecule has 0 amide bonds. The SMILES string of the molecule is O=S(=O)(Cc1ccccc1)n1cc2c(n1)-c1ccccc1NC2. The molecule has 0 saturated heterocycles. The third-order valence-electron chi connectivity index (χ3n) is 3.90. The molecule has 0 unspecified atom stereocenters. The molecule has 0 bridgehead atoms. The summed E-state index contributed by atoms with van der Waals surface area (Å²) < 4.78 is 26.3. The topological polar surface area (TPSA) is 64.0 Å². The number of rotatable bonds is 3. The predicted octanol–water partition coefficient (Wildman–Crippen LogP) is 2.85. The van der Waals surface area contributed by atoms with Gasteiger partial charge in [0.15, 0.2) is 0 Å². The summed E-state index contributed by atoms with van der Waals surface area (Å²) in [5.41, 5.74) is 4.28. The molecular formula is C17H15N3O2S. The van der Waals surface area contributed by atoms with Gasteiger partial charge in [-0.15, -0.1) is 0 Å². The van der Waals surface area contributed by atoms with Crippen molar-refractivity contribution in [2.45, 2.75) is 12.3 Å². The Labute approximate surface area is 134 Å². The smallest absolute Gasteiger partial charge is 0.257 e. The van der Waals surface area contributed by atoms with Gasteiger partial charge in [0.1, 0.15) is 5.69 Å². The van der Waals surface area contributed by atoms with Crippen LogP contribution in [0.25, 0.3) is 11.3 Å². The summed E-state index contributed by atoms with van der Waals surface area (Å²) in [4.78, 5) is 0. The molecule has 0 spiro atoms. The van der Waals surface area contributed by atoms with Gasteiger partial charge in [0.2, 0.25) is 0 Å². The molecule has 0 saturated carbocycles. The minimum Gasteiger partial charge on any atom is -0.380 e. The molecule has 2 heterocycles. The van der Waals surface area contributed by atoms with E-state index in [1.165, 1.54) is 0 Å². The molecule has 1 aliphatic rings. The highest BCUT2D eigenvalue weighted by atomic mass is 32.2. The maximum Gasteiger partial charge on any atom is 0.257 e. The van der Waals surface area contributed by atoms with Gasteiger partial charge < -0.3 is 5.32 Å². The van der Waals surface area contributed by atoms with Gasteiger partial charge in [-0.05, 0) is 11.6 Å². The molecule has 3 aromatic rings. The third-order valence-corrected chi connectivity index (χ3v) is 5.35. The van der Waals surface area contributed by atoms with Crippen LogP contribution in [0.4, 0.5) is 5.69 Å². The molecule has 0 radical (unpaired) electrons. The molecule has 23 heavy (non-hydrogen) atoms. The van der Waals surface area contributed by atoms with E-state index in [1.54, 1.807) is 18.3 Å². The van der Waals surface area contributed by atoms with Crippen LogP contribution in [0.5, 0.6) is 0 Å². The van der Waals surface area contributed by atoms with E-state index in [0.717, 1.165) is 32.2 Å². The largest absolute Gasteiger partial charge is 0.380 e. The quantitative estimate of drug-likeness (QED) is 0.804. The fourth-order valence-corrected chi connectivity index (χ4v) is 4.01. The van der Waals surface area contributed by atoms with E-state index in [-0.39, 0.29) is 5.75 Å². The van der Waals surface area contributed by atoms with Crippen LogP contribution in [0.3, 0.4) is 0 Å². The van der Waals surface area contributed by atoms with Crippen LogP contribution in [0.2, 0.25) is 0 Å². The van der Waals surface area contributed by atoms with Crippen molar-refractivity contribution in [3.8, 4) is 11.3 Å². The number of fused-ring (bicyclic) bond motifs is 3. The van der Waals surface area contributed by atoms with E-state index in [9.17, 15) is 8.42 Å². The molecule has 116 valence electrons. The van der Waals surface area contributed by atoms with Crippen molar-refractivity contribution in [2.75, 3.05) is 5.32 Å². The molecule has 1 aliphatic heterocycles.